The molecule has 2 amide bonds. The first kappa shape index (κ1) is 19.9. The van der Waals surface area contributed by atoms with Crippen LogP contribution in [0.15, 0.2) is 47.1 Å². The third kappa shape index (κ3) is 5.36. The van der Waals surface area contributed by atoms with Crippen LogP contribution >= 0.6 is 0 Å². The molecular formula is C21H27N3O4. The summed E-state index contributed by atoms with van der Waals surface area (Å²) >= 11 is 0. The van der Waals surface area contributed by atoms with E-state index >= 15 is 0 Å². The van der Waals surface area contributed by atoms with Gasteiger partial charge in [0.2, 0.25) is 5.91 Å². The second-order valence-corrected chi connectivity index (χ2v) is 6.75. The van der Waals surface area contributed by atoms with Crippen LogP contribution < -0.4 is 10.1 Å². The zero-order valence-electron chi connectivity index (χ0n) is 16.2. The van der Waals surface area contributed by atoms with E-state index in [4.69, 9.17) is 9.15 Å². The fourth-order valence-corrected chi connectivity index (χ4v) is 3.22. The van der Waals surface area contributed by atoms with E-state index in [2.05, 4.69) is 17.4 Å². The summed E-state index contributed by atoms with van der Waals surface area (Å²) in [6.45, 7) is 3.69. The summed E-state index contributed by atoms with van der Waals surface area (Å²) < 4.78 is 10.3. The lowest BCUT2D eigenvalue weighted by Crippen LogP contribution is -2.50. The molecule has 1 aliphatic rings. The smallest absolute Gasteiger partial charge is 0.289 e. The van der Waals surface area contributed by atoms with Crippen LogP contribution in [0.5, 0.6) is 5.75 Å². The lowest BCUT2D eigenvalue weighted by Gasteiger charge is -2.34. The molecule has 1 N–H and O–H groups in total. The maximum Gasteiger partial charge on any atom is 0.289 e. The van der Waals surface area contributed by atoms with Gasteiger partial charge in [0.15, 0.2) is 5.76 Å². The molecule has 1 aliphatic heterocycles. The molecule has 0 atom stereocenters. The minimum atomic E-state index is -0.114. The molecule has 3 rings (SSSR count). The van der Waals surface area contributed by atoms with Gasteiger partial charge < -0.3 is 24.3 Å². The van der Waals surface area contributed by atoms with Gasteiger partial charge in [-0.25, -0.2) is 0 Å². The van der Waals surface area contributed by atoms with Crippen molar-refractivity contribution in [2.45, 2.75) is 12.8 Å². The first-order valence-electron chi connectivity index (χ1n) is 9.61. The maximum absolute atomic E-state index is 12.4. The summed E-state index contributed by atoms with van der Waals surface area (Å²) in [5, 5.41) is 3.32. The Morgan fingerprint density at radius 3 is 2.39 bits per heavy atom. The van der Waals surface area contributed by atoms with E-state index in [-0.39, 0.29) is 11.8 Å². The molecule has 0 aliphatic carbocycles. The maximum atomic E-state index is 12.4. The summed E-state index contributed by atoms with van der Waals surface area (Å²) in [5.74, 6) is 1.22. The van der Waals surface area contributed by atoms with E-state index in [0.29, 0.717) is 44.9 Å². The number of carbonyl (C=O) groups is 2. The second-order valence-electron chi connectivity index (χ2n) is 6.75. The van der Waals surface area contributed by atoms with Crippen molar-refractivity contribution >= 4 is 11.8 Å². The first-order chi connectivity index (χ1) is 13.7. The number of rotatable bonds is 8. The SMILES string of the molecule is COc1ccc(CCNCCC(=O)N2CCN(C(=O)c3ccco3)CC2)cc1. The number of nitrogens with zero attached hydrogens (tertiary/aromatic N) is 2. The van der Waals surface area contributed by atoms with Crippen LogP contribution in [0.1, 0.15) is 22.5 Å². The standard InChI is InChI=1S/C21H27N3O4/c1-27-18-6-4-17(5-7-18)8-10-22-11-9-20(25)23-12-14-24(15-13-23)21(26)19-3-2-16-28-19/h2-7,16,22H,8-15H2,1H3. The lowest BCUT2D eigenvalue weighted by atomic mass is 10.1. The Bertz CT molecular complexity index is 750. The van der Waals surface area contributed by atoms with Crippen molar-refractivity contribution in [3.63, 3.8) is 0 Å². The molecule has 1 saturated heterocycles. The summed E-state index contributed by atoms with van der Waals surface area (Å²) in [7, 11) is 1.66. The fraction of sp³-hybridized carbons (Fsp3) is 0.429. The van der Waals surface area contributed by atoms with Gasteiger partial charge in [0, 0.05) is 39.1 Å². The van der Waals surface area contributed by atoms with Crippen molar-refractivity contribution < 1.29 is 18.7 Å². The number of nitrogens with one attached hydrogen (secondary N) is 1. The Kier molecular flexibility index (Phi) is 7.08. The second kappa shape index (κ2) is 9.94. The van der Waals surface area contributed by atoms with Crippen LogP contribution in [0.2, 0.25) is 0 Å². The van der Waals surface area contributed by atoms with Gasteiger partial charge in [-0.2, -0.15) is 0 Å². The zero-order chi connectivity index (χ0) is 19.8. The minimum Gasteiger partial charge on any atom is -0.497 e. The Morgan fingerprint density at radius 1 is 1.04 bits per heavy atom. The number of hydrogen-bond donors (Lipinski definition) is 1. The average molecular weight is 385 g/mol. The molecule has 7 nitrogen and oxygen atoms in total. The summed E-state index contributed by atoms with van der Waals surface area (Å²) in [4.78, 5) is 28.2. The van der Waals surface area contributed by atoms with E-state index in [1.165, 1.54) is 11.8 Å². The van der Waals surface area contributed by atoms with Crippen molar-refractivity contribution in [1.82, 2.24) is 15.1 Å². The fourth-order valence-electron chi connectivity index (χ4n) is 3.22. The highest BCUT2D eigenvalue weighted by Crippen LogP contribution is 2.12. The van der Waals surface area contributed by atoms with E-state index < -0.39 is 0 Å². The van der Waals surface area contributed by atoms with E-state index in [1.54, 1.807) is 24.1 Å². The molecule has 0 radical (unpaired) electrons. The van der Waals surface area contributed by atoms with Gasteiger partial charge in [0.1, 0.15) is 5.75 Å². The zero-order valence-corrected chi connectivity index (χ0v) is 16.2. The Balaban J connectivity index is 1.30. The average Bonchev–Trinajstić information content (AvgIpc) is 3.28. The van der Waals surface area contributed by atoms with Gasteiger partial charge in [-0.3, -0.25) is 9.59 Å². The van der Waals surface area contributed by atoms with E-state index in [1.807, 2.05) is 17.0 Å². The van der Waals surface area contributed by atoms with Crippen LogP contribution in [-0.4, -0.2) is 68.0 Å². The molecule has 0 spiro atoms. The lowest BCUT2D eigenvalue weighted by molar-refractivity contribution is -0.132. The molecule has 0 unspecified atom stereocenters. The van der Waals surface area contributed by atoms with Gasteiger partial charge in [0.05, 0.1) is 13.4 Å². The van der Waals surface area contributed by atoms with Crippen molar-refractivity contribution in [1.29, 1.82) is 0 Å². The normalized spacial score (nSPS) is 14.2. The summed E-state index contributed by atoms with van der Waals surface area (Å²) in [5.41, 5.74) is 1.23. The largest absolute Gasteiger partial charge is 0.497 e. The third-order valence-corrected chi connectivity index (χ3v) is 4.92. The number of amides is 2. The van der Waals surface area contributed by atoms with Crippen LogP contribution in [0.3, 0.4) is 0 Å². The van der Waals surface area contributed by atoms with E-state index in [0.717, 1.165) is 18.7 Å². The van der Waals surface area contributed by atoms with Crippen molar-refractivity contribution in [2.24, 2.45) is 0 Å². The molecule has 0 bridgehead atoms. The van der Waals surface area contributed by atoms with Gasteiger partial charge in [-0.1, -0.05) is 12.1 Å². The number of furan rings is 1. The number of carbonyl (C=O) groups excluding carboxylic acids is 2. The number of methoxy groups -OCH3 is 1. The number of piperazine rings is 1. The molecule has 0 saturated carbocycles. The molecule has 28 heavy (non-hydrogen) atoms. The highest BCUT2D eigenvalue weighted by atomic mass is 16.5. The van der Waals surface area contributed by atoms with Crippen molar-refractivity contribution in [3.8, 4) is 5.75 Å². The molecular weight excluding hydrogens is 358 g/mol. The molecule has 2 heterocycles. The molecule has 1 fully saturated rings. The Hall–Kier alpha value is -2.80. The molecule has 1 aromatic carbocycles. The predicted octanol–water partition coefficient (Wildman–Crippen LogP) is 1.79. The monoisotopic (exact) mass is 385 g/mol. The van der Waals surface area contributed by atoms with Gasteiger partial charge in [-0.05, 0) is 42.8 Å². The quantitative estimate of drug-likeness (QED) is 0.702. The number of benzene rings is 1. The Morgan fingerprint density at radius 2 is 1.75 bits per heavy atom. The summed E-state index contributed by atoms with van der Waals surface area (Å²) in [6.07, 6.45) is 2.87. The molecule has 1 aromatic heterocycles. The van der Waals surface area contributed by atoms with Crippen molar-refractivity contribution in [3.05, 3.63) is 54.0 Å². The van der Waals surface area contributed by atoms with Crippen molar-refractivity contribution in [2.75, 3.05) is 46.4 Å². The number of hydrogen-bond acceptors (Lipinski definition) is 5. The highest BCUT2D eigenvalue weighted by molar-refractivity contribution is 5.91. The van der Waals surface area contributed by atoms with Crippen LogP contribution in [-0.2, 0) is 11.2 Å². The number of ether oxygens (including phenoxy) is 1. The third-order valence-electron chi connectivity index (χ3n) is 4.92. The molecule has 150 valence electrons. The highest BCUT2D eigenvalue weighted by Gasteiger charge is 2.25. The van der Waals surface area contributed by atoms with Gasteiger partial charge in [0.25, 0.3) is 5.91 Å². The van der Waals surface area contributed by atoms with Crippen LogP contribution in [0.25, 0.3) is 0 Å². The predicted molar refractivity (Wildman–Crippen MR) is 105 cm³/mol. The molecule has 2 aromatic rings. The van der Waals surface area contributed by atoms with Crippen LogP contribution in [0, 0.1) is 0 Å². The first-order valence-corrected chi connectivity index (χ1v) is 9.61. The summed E-state index contributed by atoms with van der Waals surface area (Å²) in [6, 6.07) is 11.4. The molecule has 7 heteroatoms. The Labute approximate surface area is 165 Å². The van der Waals surface area contributed by atoms with Gasteiger partial charge in [-0.15, -0.1) is 0 Å². The topological polar surface area (TPSA) is 75.0 Å². The minimum absolute atomic E-state index is 0.114. The van der Waals surface area contributed by atoms with E-state index in [9.17, 15) is 9.59 Å². The van der Waals surface area contributed by atoms with Crippen LogP contribution in [0.4, 0.5) is 0 Å². The van der Waals surface area contributed by atoms with Gasteiger partial charge >= 0.3 is 0 Å².